The van der Waals surface area contributed by atoms with Gasteiger partial charge in [-0.3, -0.25) is 4.90 Å². The lowest BCUT2D eigenvalue weighted by Gasteiger charge is -2.40. The van der Waals surface area contributed by atoms with Crippen molar-refractivity contribution >= 4 is 11.3 Å². The first-order valence-electron chi connectivity index (χ1n) is 7.48. The number of ether oxygens (including phenoxy) is 1. The van der Waals surface area contributed by atoms with Crippen molar-refractivity contribution in [3.8, 4) is 0 Å². The number of rotatable bonds is 5. The van der Waals surface area contributed by atoms with E-state index in [9.17, 15) is 0 Å². The van der Waals surface area contributed by atoms with Gasteiger partial charge < -0.3 is 10.1 Å². The lowest BCUT2D eigenvalue weighted by molar-refractivity contribution is 0.0569. The van der Waals surface area contributed by atoms with Crippen LogP contribution in [0.15, 0.2) is 11.4 Å². The van der Waals surface area contributed by atoms with Crippen molar-refractivity contribution in [2.24, 2.45) is 0 Å². The molecule has 0 bridgehead atoms. The summed E-state index contributed by atoms with van der Waals surface area (Å²) in [6, 6.07) is 3.21. The molecule has 20 heavy (non-hydrogen) atoms. The number of methoxy groups -OCH3 is 1. The van der Waals surface area contributed by atoms with Gasteiger partial charge in [0.25, 0.3) is 0 Å². The van der Waals surface area contributed by atoms with E-state index < -0.39 is 0 Å². The molecule has 4 heteroatoms. The zero-order valence-electron chi connectivity index (χ0n) is 13.4. The number of hydrogen-bond donors (Lipinski definition) is 1. The normalized spacial score (nSPS) is 21.8. The molecule has 2 rings (SSSR count). The molecule has 2 unspecified atom stereocenters. The average Bonchev–Trinajstić information content (AvgIpc) is 2.83. The van der Waals surface area contributed by atoms with Gasteiger partial charge in [0.05, 0.1) is 6.61 Å². The molecule has 0 fully saturated rings. The Morgan fingerprint density at radius 2 is 2.25 bits per heavy atom. The Bertz CT molecular complexity index is 424. The molecule has 0 aromatic carbocycles. The molecule has 1 aliphatic rings. The summed E-state index contributed by atoms with van der Waals surface area (Å²) in [5.41, 5.74) is 1.66. The van der Waals surface area contributed by atoms with Crippen LogP contribution in [0.3, 0.4) is 0 Å². The molecule has 2 heterocycles. The van der Waals surface area contributed by atoms with Crippen molar-refractivity contribution < 1.29 is 4.74 Å². The van der Waals surface area contributed by atoms with Gasteiger partial charge in [-0.1, -0.05) is 0 Å². The van der Waals surface area contributed by atoms with Gasteiger partial charge in [-0.25, -0.2) is 0 Å². The van der Waals surface area contributed by atoms with Crippen LogP contribution >= 0.6 is 11.3 Å². The number of hydrogen-bond acceptors (Lipinski definition) is 4. The fourth-order valence-corrected chi connectivity index (χ4v) is 3.88. The minimum atomic E-state index is 0.151. The molecule has 2 atom stereocenters. The Morgan fingerprint density at radius 1 is 1.50 bits per heavy atom. The molecule has 0 amide bonds. The highest BCUT2D eigenvalue weighted by Gasteiger charge is 2.30. The van der Waals surface area contributed by atoms with Crippen LogP contribution in [0.5, 0.6) is 0 Å². The van der Waals surface area contributed by atoms with Crippen LogP contribution in [0.2, 0.25) is 0 Å². The Morgan fingerprint density at radius 3 is 2.90 bits per heavy atom. The fourth-order valence-electron chi connectivity index (χ4n) is 2.92. The SMILES string of the molecule is COCC(CNC(C)(C)C)N1CCc2sccc2C1C. The van der Waals surface area contributed by atoms with E-state index in [4.69, 9.17) is 4.74 Å². The van der Waals surface area contributed by atoms with E-state index >= 15 is 0 Å². The zero-order valence-corrected chi connectivity index (χ0v) is 14.2. The lowest BCUT2D eigenvalue weighted by atomic mass is 9.99. The van der Waals surface area contributed by atoms with E-state index in [0.717, 1.165) is 19.7 Å². The number of fused-ring (bicyclic) bond motifs is 1. The van der Waals surface area contributed by atoms with Gasteiger partial charge in [0, 0.05) is 42.7 Å². The average molecular weight is 296 g/mol. The van der Waals surface area contributed by atoms with Crippen molar-refractivity contribution in [1.82, 2.24) is 10.2 Å². The maximum atomic E-state index is 5.46. The molecule has 0 saturated heterocycles. The summed E-state index contributed by atoms with van der Waals surface area (Å²) in [5, 5.41) is 5.85. The summed E-state index contributed by atoms with van der Waals surface area (Å²) < 4.78 is 5.46. The minimum Gasteiger partial charge on any atom is -0.383 e. The molecule has 3 nitrogen and oxygen atoms in total. The predicted octanol–water partition coefficient (Wildman–Crippen LogP) is 3.07. The molecule has 0 aliphatic carbocycles. The number of nitrogens with one attached hydrogen (secondary N) is 1. The van der Waals surface area contributed by atoms with E-state index in [2.05, 4.69) is 49.4 Å². The van der Waals surface area contributed by atoms with Crippen LogP contribution in [-0.4, -0.2) is 43.3 Å². The third kappa shape index (κ3) is 3.82. The second-order valence-electron chi connectivity index (χ2n) is 6.70. The van der Waals surface area contributed by atoms with Crippen LogP contribution in [-0.2, 0) is 11.2 Å². The van der Waals surface area contributed by atoms with Gasteiger partial charge in [-0.15, -0.1) is 11.3 Å². The minimum absolute atomic E-state index is 0.151. The summed E-state index contributed by atoms with van der Waals surface area (Å²) in [4.78, 5) is 4.16. The highest BCUT2D eigenvalue weighted by atomic mass is 32.1. The maximum Gasteiger partial charge on any atom is 0.0630 e. The molecule has 0 saturated carbocycles. The topological polar surface area (TPSA) is 24.5 Å². The van der Waals surface area contributed by atoms with Gasteiger partial charge >= 0.3 is 0 Å². The monoisotopic (exact) mass is 296 g/mol. The zero-order chi connectivity index (χ0) is 14.8. The van der Waals surface area contributed by atoms with E-state index in [1.165, 1.54) is 12.0 Å². The number of thiophene rings is 1. The standard InChI is InChI=1S/C16H28N2OS/c1-12-14-7-9-20-15(14)6-8-18(12)13(11-19-5)10-17-16(2,3)4/h7,9,12-13,17H,6,8,10-11H2,1-5H3. The van der Waals surface area contributed by atoms with Crippen LogP contribution in [0.4, 0.5) is 0 Å². The van der Waals surface area contributed by atoms with Crippen LogP contribution in [0.1, 0.15) is 44.2 Å². The lowest BCUT2D eigenvalue weighted by Crippen LogP contribution is -2.51. The second-order valence-corrected chi connectivity index (χ2v) is 7.70. The van der Waals surface area contributed by atoms with E-state index in [1.54, 1.807) is 12.0 Å². The van der Waals surface area contributed by atoms with Gasteiger partial charge in [0.2, 0.25) is 0 Å². The summed E-state index contributed by atoms with van der Waals surface area (Å²) in [6.45, 7) is 11.9. The molecule has 1 N–H and O–H groups in total. The first-order chi connectivity index (χ1) is 9.42. The Balaban J connectivity index is 2.06. The first kappa shape index (κ1) is 16.0. The quantitative estimate of drug-likeness (QED) is 0.904. The summed E-state index contributed by atoms with van der Waals surface area (Å²) in [5.74, 6) is 0. The number of nitrogens with zero attached hydrogens (tertiary/aromatic N) is 1. The second kappa shape index (κ2) is 6.56. The van der Waals surface area contributed by atoms with Crippen molar-refractivity contribution in [3.05, 3.63) is 21.9 Å². The molecule has 1 aromatic heterocycles. The molecular weight excluding hydrogens is 268 g/mol. The van der Waals surface area contributed by atoms with Crippen molar-refractivity contribution in [3.63, 3.8) is 0 Å². The highest BCUT2D eigenvalue weighted by molar-refractivity contribution is 7.10. The largest absolute Gasteiger partial charge is 0.383 e. The fraction of sp³-hybridized carbons (Fsp3) is 0.750. The molecule has 0 radical (unpaired) electrons. The summed E-state index contributed by atoms with van der Waals surface area (Å²) in [6.07, 6.45) is 1.17. The Hall–Kier alpha value is -0.420. The van der Waals surface area contributed by atoms with Gasteiger partial charge in [0.15, 0.2) is 0 Å². The first-order valence-corrected chi connectivity index (χ1v) is 8.36. The summed E-state index contributed by atoms with van der Waals surface area (Å²) in [7, 11) is 1.80. The van der Waals surface area contributed by atoms with E-state index in [1.807, 2.05) is 11.3 Å². The Labute approximate surface area is 127 Å². The van der Waals surface area contributed by atoms with Gasteiger partial charge in [-0.2, -0.15) is 0 Å². The van der Waals surface area contributed by atoms with Crippen molar-refractivity contribution in [1.29, 1.82) is 0 Å². The third-order valence-corrected chi connectivity index (χ3v) is 5.02. The third-order valence-electron chi connectivity index (χ3n) is 4.02. The van der Waals surface area contributed by atoms with Crippen LogP contribution < -0.4 is 5.32 Å². The molecule has 114 valence electrons. The van der Waals surface area contributed by atoms with Gasteiger partial charge in [-0.05, 0) is 51.1 Å². The predicted molar refractivity (Wildman–Crippen MR) is 86.6 cm³/mol. The van der Waals surface area contributed by atoms with Crippen molar-refractivity contribution in [2.75, 3.05) is 26.8 Å². The van der Waals surface area contributed by atoms with Crippen molar-refractivity contribution in [2.45, 2.75) is 51.7 Å². The summed E-state index contributed by atoms with van der Waals surface area (Å²) >= 11 is 1.90. The highest BCUT2D eigenvalue weighted by Crippen LogP contribution is 2.34. The molecule has 1 aliphatic heterocycles. The van der Waals surface area contributed by atoms with Crippen LogP contribution in [0.25, 0.3) is 0 Å². The van der Waals surface area contributed by atoms with Crippen LogP contribution in [0, 0.1) is 0 Å². The van der Waals surface area contributed by atoms with E-state index in [0.29, 0.717) is 12.1 Å². The molecule has 1 aromatic rings. The molecular formula is C16H28N2OS. The maximum absolute atomic E-state index is 5.46. The van der Waals surface area contributed by atoms with E-state index in [-0.39, 0.29) is 5.54 Å². The molecule has 0 spiro atoms. The smallest absolute Gasteiger partial charge is 0.0630 e. The Kier molecular flexibility index (Phi) is 5.24. The van der Waals surface area contributed by atoms with Gasteiger partial charge in [0.1, 0.15) is 0 Å².